The van der Waals surface area contributed by atoms with Crippen LogP contribution < -0.4 is 15.5 Å². The molecular formula is C20H31N3O. The third kappa shape index (κ3) is 4.89. The predicted molar refractivity (Wildman–Crippen MR) is 99.3 cm³/mol. The molecule has 3 rings (SSSR count). The Balaban J connectivity index is 1.44. The monoisotopic (exact) mass is 329 g/mol. The molecule has 2 fully saturated rings. The molecule has 4 heteroatoms. The summed E-state index contributed by atoms with van der Waals surface area (Å²) in [4.78, 5) is 14.5. The fourth-order valence-electron chi connectivity index (χ4n) is 3.91. The van der Waals surface area contributed by atoms with Crippen LogP contribution in [0.3, 0.4) is 0 Å². The van der Waals surface area contributed by atoms with Gasteiger partial charge in [0.15, 0.2) is 0 Å². The van der Waals surface area contributed by atoms with E-state index in [1.54, 1.807) is 0 Å². The number of carbonyl (C=O) groups excluding carboxylic acids is 1. The van der Waals surface area contributed by atoms with E-state index in [1.807, 2.05) is 0 Å². The lowest BCUT2D eigenvalue weighted by molar-refractivity contribution is 0.232. The topological polar surface area (TPSA) is 44.4 Å². The van der Waals surface area contributed by atoms with Gasteiger partial charge in [0.25, 0.3) is 0 Å². The molecule has 1 heterocycles. The Morgan fingerprint density at radius 3 is 2.54 bits per heavy atom. The Hall–Kier alpha value is -1.71. The van der Waals surface area contributed by atoms with Crippen LogP contribution in [0.5, 0.6) is 0 Å². The molecule has 1 saturated heterocycles. The van der Waals surface area contributed by atoms with E-state index in [1.165, 1.54) is 37.8 Å². The standard InChI is InChI=1S/C20H31N3O/c1-16-6-5-13-23(15-16)19-11-9-17(10-12-19)14-21-20(24)22-18-7-3-2-4-8-18/h9-12,16,18H,2-8,13-15H2,1H3,(H2,21,22,24). The maximum absolute atomic E-state index is 12.0. The Kier molecular flexibility index (Phi) is 6.00. The van der Waals surface area contributed by atoms with Crippen LogP contribution in [0.4, 0.5) is 10.5 Å². The van der Waals surface area contributed by atoms with E-state index in [9.17, 15) is 4.79 Å². The summed E-state index contributed by atoms with van der Waals surface area (Å²) >= 11 is 0. The van der Waals surface area contributed by atoms with E-state index in [2.05, 4.69) is 46.7 Å². The maximum atomic E-state index is 12.0. The number of piperidine rings is 1. The largest absolute Gasteiger partial charge is 0.371 e. The van der Waals surface area contributed by atoms with Crippen LogP contribution >= 0.6 is 0 Å². The number of amides is 2. The molecule has 132 valence electrons. The maximum Gasteiger partial charge on any atom is 0.315 e. The first-order chi connectivity index (χ1) is 11.7. The smallest absolute Gasteiger partial charge is 0.315 e. The molecule has 0 radical (unpaired) electrons. The SMILES string of the molecule is CC1CCCN(c2ccc(CNC(=O)NC3CCCCC3)cc2)C1. The summed E-state index contributed by atoms with van der Waals surface area (Å²) in [5.41, 5.74) is 2.46. The number of nitrogens with one attached hydrogen (secondary N) is 2. The molecule has 1 aliphatic heterocycles. The van der Waals surface area contributed by atoms with E-state index in [0.717, 1.165) is 37.4 Å². The Morgan fingerprint density at radius 2 is 1.83 bits per heavy atom. The highest BCUT2D eigenvalue weighted by Crippen LogP contribution is 2.23. The first-order valence-electron chi connectivity index (χ1n) is 9.59. The van der Waals surface area contributed by atoms with E-state index >= 15 is 0 Å². The fourth-order valence-corrected chi connectivity index (χ4v) is 3.91. The molecule has 2 amide bonds. The van der Waals surface area contributed by atoms with E-state index in [0.29, 0.717) is 12.6 Å². The van der Waals surface area contributed by atoms with Crippen molar-refractivity contribution in [2.75, 3.05) is 18.0 Å². The molecule has 0 aromatic heterocycles. The number of nitrogens with zero attached hydrogens (tertiary/aromatic N) is 1. The summed E-state index contributed by atoms with van der Waals surface area (Å²) < 4.78 is 0. The average molecular weight is 329 g/mol. The summed E-state index contributed by atoms with van der Waals surface area (Å²) in [6.45, 7) is 5.23. The van der Waals surface area contributed by atoms with Crippen LogP contribution in [0.15, 0.2) is 24.3 Å². The second-order valence-electron chi connectivity index (χ2n) is 7.52. The van der Waals surface area contributed by atoms with Gasteiger partial charge in [0.1, 0.15) is 0 Å². The molecule has 1 atom stereocenters. The number of anilines is 1. The van der Waals surface area contributed by atoms with Crippen molar-refractivity contribution >= 4 is 11.7 Å². The van der Waals surface area contributed by atoms with Gasteiger partial charge in [0.05, 0.1) is 0 Å². The lowest BCUT2D eigenvalue weighted by Gasteiger charge is -2.32. The fraction of sp³-hybridized carbons (Fsp3) is 0.650. The van der Waals surface area contributed by atoms with Gasteiger partial charge in [-0.25, -0.2) is 4.79 Å². The van der Waals surface area contributed by atoms with Crippen molar-refractivity contribution in [3.8, 4) is 0 Å². The van der Waals surface area contributed by atoms with Gasteiger partial charge in [-0.15, -0.1) is 0 Å². The van der Waals surface area contributed by atoms with Crippen molar-refractivity contribution in [2.45, 2.75) is 64.5 Å². The molecule has 2 aliphatic rings. The van der Waals surface area contributed by atoms with Gasteiger partial charge >= 0.3 is 6.03 Å². The summed E-state index contributed by atoms with van der Waals surface area (Å²) in [5, 5.41) is 6.09. The van der Waals surface area contributed by atoms with Crippen LogP contribution in [0.2, 0.25) is 0 Å². The highest BCUT2D eigenvalue weighted by molar-refractivity contribution is 5.74. The highest BCUT2D eigenvalue weighted by atomic mass is 16.2. The normalized spacial score (nSPS) is 22.2. The van der Waals surface area contributed by atoms with Crippen LogP contribution in [-0.2, 0) is 6.54 Å². The Labute approximate surface area is 146 Å². The van der Waals surface area contributed by atoms with E-state index in [4.69, 9.17) is 0 Å². The van der Waals surface area contributed by atoms with Crippen LogP contribution in [0.25, 0.3) is 0 Å². The third-order valence-corrected chi connectivity index (χ3v) is 5.35. The Bertz CT molecular complexity index is 522. The zero-order chi connectivity index (χ0) is 16.8. The van der Waals surface area contributed by atoms with Gasteiger partial charge in [-0.2, -0.15) is 0 Å². The number of hydrogen-bond acceptors (Lipinski definition) is 2. The third-order valence-electron chi connectivity index (χ3n) is 5.35. The van der Waals surface area contributed by atoms with Gasteiger partial charge in [-0.3, -0.25) is 0 Å². The number of hydrogen-bond donors (Lipinski definition) is 2. The van der Waals surface area contributed by atoms with Crippen LogP contribution in [-0.4, -0.2) is 25.2 Å². The second kappa shape index (κ2) is 8.41. The quantitative estimate of drug-likeness (QED) is 0.875. The summed E-state index contributed by atoms with van der Waals surface area (Å²) in [6.07, 6.45) is 8.65. The molecule has 1 aliphatic carbocycles. The van der Waals surface area contributed by atoms with E-state index < -0.39 is 0 Å². The zero-order valence-corrected chi connectivity index (χ0v) is 14.9. The van der Waals surface area contributed by atoms with Crippen LogP contribution in [0, 0.1) is 5.92 Å². The van der Waals surface area contributed by atoms with Crippen molar-refractivity contribution in [3.63, 3.8) is 0 Å². The van der Waals surface area contributed by atoms with Crippen molar-refractivity contribution < 1.29 is 4.79 Å². The minimum atomic E-state index is -0.0316. The van der Waals surface area contributed by atoms with Crippen LogP contribution in [0.1, 0.15) is 57.4 Å². The van der Waals surface area contributed by atoms with Crippen molar-refractivity contribution in [2.24, 2.45) is 5.92 Å². The highest BCUT2D eigenvalue weighted by Gasteiger charge is 2.17. The molecule has 1 aromatic carbocycles. The van der Waals surface area contributed by atoms with Crippen molar-refractivity contribution in [1.29, 1.82) is 0 Å². The van der Waals surface area contributed by atoms with Crippen molar-refractivity contribution in [1.82, 2.24) is 10.6 Å². The lowest BCUT2D eigenvalue weighted by atomic mass is 9.96. The minimum Gasteiger partial charge on any atom is -0.371 e. The number of carbonyl (C=O) groups is 1. The van der Waals surface area contributed by atoms with Gasteiger partial charge in [-0.1, -0.05) is 38.3 Å². The molecule has 4 nitrogen and oxygen atoms in total. The molecule has 1 unspecified atom stereocenters. The molecule has 0 spiro atoms. The molecule has 2 N–H and O–H groups in total. The molecule has 1 saturated carbocycles. The van der Waals surface area contributed by atoms with Gasteiger partial charge in [0.2, 0.25) is 0 Å². The first kappa shape index (κ1) is 17.1. The summed E-state index contributed by atoms with van der Waals surface area (Å²) in [5.74, 6) is 0.781. The first-order valence-corrected chi connectivity index (χ1v) is 9.59. The Morgan fingerprint density at radius 1 is 1.08 bits per heavy atom. The van der Waals surface area contributed by atoms with Gasteiger partial charge in [-0.05, 0) is 49.3 Å². The minimum absolute atomic E-state index is 0.0316. The number of benzene rings is 1. The molecule has 1 aromatic rings. The van der Waals surface area contributed by atoms with Gasteiger partial charge < -0.3 is 15.5 Å². The predicted octanol–water partition coefficient (Wildman–Crippen LogP) is 4.05. The second-order valence-corrected chi connectivity index (χ2v) is 7.52. The number of rotatable bonds is 4. The summed E-state index contributed by atoms with van der Waals surface area (Å²) in [6, 6.07) is 8.98. The molecule has 24 heavy (non-hydrogen) atoms. The number of urea groups is 1. The average Bonchev–Trinajstić information content (AvgIpc) is 2.61. The van der Waals surface area contributed by atoms with Crippen molar-refractivity contribution in [3.05, 3.63) is 29.8 Å². The molecule has 0 bridgehead atoms. The zero-order valence-electron chi connectivity index (χ0n) is 14.9. The molecular weight excluding hydrogens is 298 g/mol. The lowest BCUT2D eigenvalue weighted by Crippen LogP contribution is -2.42. The van der Waals surface area contributed by atoms with Gasteiger partial charge in [0, 0.05) is 31.4 Å². The van der Waals surface area contributed by atoms with E-state index in [-0.39, 0.29) is 6.03 Å². The summed E-state index contributed by atoms with van der Waals surface area (Å²) in [7, 11) is 0.